The van der Waals surface area contributed by atoms with Crippen LogP contribution in [0, 0.1) is 13.8 Å². The van der Waals surface area contributed by atoms with Crippen LogP contribution in [0.1, 0.15) is 22.4 Å². The molecule has 2 aromatic carbocycles. The zero-order valence-corrected chi connectivity index (χ0v) is 15.8. The largest absolute Gasteiger partial charge is 0.504 e. The van der Waals surface area contributed by atoms with Crippen LogP contribution in [0.4, 0.5) is 0 Å². The minimum Gasteiger partial charge on any atom is -0.504 e. The third-order valence-electron chi connectivity index (χ3n) is 5.07. The van der Waals surface area contributed by atoms with Gasteiger partial charge < -0.3 is 9.84 Å². The third kappa shape index (κ3) is 3.81. The molecule has 0 atom stereocenters. The second kappa shape index (κ2) is 7.41. The number of phenolic OH excluding ortho intramolecular Hbond substituents is 1. The second-order valence-corrected chi connectivity index (χ2v) is 7.18. The number of hydrogen-bond donors (Lipinski definition) is 1. The van der Waals surface area contributed by atoms with E-state index in [1.54, 1.807) is 6.07 Å². The lowest BCUT2D eigenvalue weighted by Crippen LogP contribution is -2.26. The average Bonchev–Trinajstić information content (AvgIpc) is 2.86. The molecule has 0 unspecified atom stereocenters. The number of pyridine rings is 1. The van der Waals surface area contributed by atoms with E-state index in [2.05, 4.69) is 60.1 Å². The fraction of sp³-hybridized carbons (Fsp3) is 0.261. The molecule has 0 spiro atoms. The van der Waals surface area contributed by atoms with Crippen molar-refractivity contribution in [3.63, 3.8) is 0 Å². The molecule has 1 aliphatic rings. The molecule has 0 fully saturated rings. The number of aromatic nitrogens is 1. The molecule has 27 heavy (non-hydrogen) atoms. The number of aryl methyl sites for hydroxylation is 2. The molecule has 1 aromatic heterocycles. The van der Waals surface area contributed by atoms with Gasteiger partial charge in [0.15, 0.2) is 11.5 Å². The number of nitrogens with zero attached hydrogens (tertiary/aromatic N) is 2. The minimum absolute atomic E-state index is 0.207. The zero-order valence-electron chi connectivity index (χ0n) is 15.8. The fourth-order valence-corrected chi connectivity index (χ4v) is 3.50. The van der Waals surface area contributed by atoms with Crippen LogP contribution >= 0.6 is 0 Å². The highest BCUT2D eigenvalue weighted by Gasteiger charge is 2.20. The third-order valence-corrected chi connectivity index (χ3v) is 5.07. The lowest BCUT2D eigenvalue weighted by atomic mass is 10.0. The van der Waals surface area contributed by atoms with Gasteiger partial charge in [0.2, 0.25) is 0 Å². The summed E-state index contributed by atoms with van der Waals surface area (Å²) in [7, 11) is 0. The van der Waals surface area contributed by atoms with Crippen molar-refractivity contribution in [1.82, 2.24) is 9.88 Å². The van der Waals surface area contributed by atoms with Crippen LogP contribution in [0.2, 0.25) is 0 Å². The Kier molecular flexibility index (Phi) is 4.82. The molecule has 3 aromatic rings. The number of hydrogen-bond acceptors (Lipinski definition) is 4. The van der Waals surface area contributed by atoms with E-state index in [-0.39, 0.29) is 5.75 Å². The summed E-state index contributed by atoms with van der Waals surface area (Å²) < 4.78 is 5.88. The summed E-state index contributed by atoms with van der Waals surface area (Å²) >= 11 is 0. The quantitative estimate of drug-likeness (QED) is 0.749. The van der Waals surface area contributed by atoms with Crippen molar-refractivity contribution in [3.05, 3.63) is 77.1 Å². The zero-order chi connectivity index (χ0) is 18.8. The minimum atomic E-state index is 0.207. The van der Waals surface area contributed by atoms with E-state index in [9.17, 15) is 5.11 Å². The molecule has 1 N–H and O–H groups in total. The van der Waals surface area contributed by atoms with Crippen molar-refractivity contribution in [1.29, 1.82) is 0 Å². The Morgan fingerprint density at radius 3 is 2.67 bits per heavy atom. The standard InChI is InChI=1S/C23H24N2O2/c1-16-5-7-18(8-6-16)19-12-20-14-25(10-11-27-23(20)22(26)13-19)15-21-17(2)4-3-9-24-21/h3-9,12-13,26H,10-11,14-15H2,1-2H3. The summed E-state index contributed by atoms with van der Waals surface area (Å²) in [6.07, 6.45) is 1.84. The predicted molar refractivity (Wildman–Crippen MR) is 107 cm³/mol. The van der Waals surface area contributed by atoms with E-state index >= 15 is 0 Å². The first-order chi connectivity index (χ1) is 13.1. The Balaban J connectivity index is 1.64. The first-order valence-corrected chi connectivity index (χ1v) is 9.29. The molecule has 2 heterocycles. The van der Waals surface area contributed by atoms with Crippen LogP contribution in [-0.2, 0) is 13.1 Å². The smallest absolute Gasteiger partial charge is 0.165 e. The van der Waals surface area contributed by atoms with E-state index < -0.39 is 0 Å². The molecule has 0 amide bonds. The molecular weight excluding hydrogens is 336 g/mol. The summed E-state index contributed by atoms with van der Waals surface area (Å²) in [5, 5.41) is 10.5. The van der Waals surface area contributed by atoms with Crippen LogP contribution in [0.25, 0.3) is 11.1 Å². The highest BCUT2D eigenvalue weighted by Crippen LogP contribution is 2.37. The van der Waals surface area contributed by atoms with E-state index in [1.165, 1.54) is 11.1 Å². The van der Waals surface area contributed by atoms with Crippen molar-refractivity contribution >= 4 is 0 Å². The van der Waals surface area contributed by atoms with Crippen molar-refractivity contribution in [2.24, 2.45) is 0 Å². The molecule has 138 valence electrons. The molecule has 1 aliphatic heterocycles. The molecule has 0 saturated carbocycles. The maximum Gasteiger partial charge on any atom is 0.165 e. The van der Waals surface area contributed by atoms with Gasteiger partial charge in [0, 0.05) is 31.4 Å². The van der Waals surface area contributed by atoms with E-state index in [0.29, 0.717) is 12.4 Å². The van der Waals surface area contributed by atoms with Crippen molar-refractivity contribution in [3.8, 4) is 22.6 Å². The molecule has 0 aliphatic carbocycles. The molecule has 4 rings (SSSR count). The maximum absolute atomic E-state index is 10.5. The van der Waals surface area contributed by atoms with Crippen molar-refractivity contribution < 1.29 is 9.84 Å². The van der Waals surface area contributed by atoms with E-state index in [4.69, 9.17) is 4.74 Å². The van der Waals surface area contributed by atoms with E-state index in [0.717, 1.165) is 42.0 Å². The highest BCUT2D eigenvalue weighted by molar-refractivity contribution is 5.69. The molecule has 0 bridgehead atoms. The van der Waals surface area contributed by atoms with Crippen molar-refractivity contribution in [2.45, 2.75) is 26.9 Å². The summed E-state index contributed by atoms with van der Waals surface area (Å²) in [4.78, 5) is 6.84. The Labute approximate surface area is 160 Å². The van der Waals surface area contributed by atoms with Gasteiger partial charge in [-0.05, 0) is 48.7 Å². The Bertz CT molecular complexity index is 951. The lowest BCUT2D eigenvalue weighted by molar-refractivity contribution is 0.215. The lowest BCUT2D eigenvalue weighted by Gasteiger charge is -2.20. The number of fused-ring (bicyclic) bond motifs is 1. The predicted octanol–water partition coefficient (Wildman–Crippen LogP) is 4.47. The maximum atomic E-state index is 10.5. The van der Waals surface area contributed by atoms with E-state index in [1.807, 2.05) is 12.3 Å². The summed E-state index contributed by atoms with van der Waals surface area (Å²) in [5.74, 6) is 0.810. The van der Waals surface area contributed by atoms with Gasteiger partial charge in [-0.3, -0.25) is 9.88 Å². The first-order valence-electron chi connectivity index (χ1n) is 9.29. The number of phenols is 1. The topological polar surface area (TPSA) is 45.6 Å². The number of rotatable bonds is 3. The summed E-state index contributed by atoms with van der Waals surface area (Å²) in [6.45, 7) is 7.00. The Hall–Kier alpha value is -2.85. The van der Waals surface area contributed by atoms with Crippen LogP contribution in [0.15, 0.2) is 54.7 Å². The van der Waals surface area contributed by atoms with Crippen molar-refractivity contribution in [2.75, 3.05) is 13.2 Å². The van der Waals surface area contributed by atoms with Crippen LogP contribution in [0.5, 0.6) is 11.5 Å². The SMILES string of the molecule is Cc1ccc(-c2cc(O)c3c(c2)CN(Cc2ncccc2C)CCO3)cc1. The monoisotopic (exact) mass is 360 g/mol. The highest BCUT2D eigenvalue weighted by atomic mass is 16.5. The van der Waals surface area contributed by atoms with Crippen LogP contribution in [-0.4, -0.2) is 28.1 Å². The molecule has 4 nitrogen and oxygen atoms in total. The first kappa shape index (κ1) is 17.6. The normalized spacial score (nSPS) is 14.3. The molecular formula is C23H24N2O2. The molecule has 0 radical (unpaired) electrons. The van der Waals surface area contributed by atoms with Gasteiger partial charge in [-0.2, -0.15) is 0 Å². The number of benzene rings is 2. The van der Waals surface area contributed by atoms with Gasteiger partial charge >= 0.3 is 0 Å². The fourth-order valence-electron chi connectivity index (χ4n) is 3.50. The average molecular weight is 360 g/mol. The molecule has 0 saturated heterocycles. The van der Waals surface area contributed by atoms with Gasteiger partial charge in [-0.1, -0.05) is 35.9 Å². The van der Waals surface area contributed by atoms with Gasteiger partial charge in [-0.15, -0.1) is 0 Å². The van der Waals surface area contributed by atoms with Crippen LogP contribution < -0.4 is 4.74 Å². The Morgan fingerprint density at radius 1 is 1.07 bits per heavy atom. The number of ether oxygens (including phenoxy) is 1. The van der Waals surface area contributed by atoms with Gasteiger partial charge in [0.1, 0.15) is 6.61 Å². The Morgan fingerprint density at radius 2 is 1.89 bits per heavy atom. The summed E-state index contributed by atoms with van der Waals surface area (Å²) in [5.41, 5.74) is 6.61. The number of aromatic hydroxyl groups is 1. The second-order valence-electron chi connectivity index (χ2n) is 7.18. The van der Waals surface area contributed by atoms with Gasteiger partial charge in [-0.25, -0.2) is 0 Å². The van der Waals surface area contributed by atoms with Gasteiger partial charge in [0.05, 0.1) is 5.69 Å². The summed E-state index contributed by atoms with van der Waals surface area (Å²) in [6, 6.07) is 16.3. The molecule has 4 heteroatoms. The van der Waals surface area contributed by atoms with Crippen LogP contribution in [0.3, 0.4) is 0 Å². The van der Waals surface area contributed by atoms with Gasteiger partial charge in [0.25, 0.3) is 0 Å².